The van der Waals surface area contributed by atoms with Crippen molar-refractivity contribution < 1.29 is 9.26 Å². The molecule has 1 N–H and O–H groups in total. The molecule has 3 rings (SSSR count). The molecule has 19 heavy (non-hydrogen) atoms. The third kappa shape index (κ3) is 2.54. The maximum absolute atomic E-state index is 5.64. The van der Waals surface area contributed by atoms with Crippen molar-refractivity contribution in [3.8, 4) is 0 Å². The lowest BCUT2D eigenvalue weighted by molar-refractivity contribution is 0.103. The highest BCUT2D eigenvalue weighted by atomic mass is 16.5. The van der Waals surface area contributed by atoms with Gasteiger partial charge in [0.1, 0.15) is 6.10 Å². The Balaban J connectivity index is 1.81. The lowest BCUT2D eigenvalue weighted by Gasteiger charge is -2.34. The molecule has 106 valence electrons. The second-order valence-electron chi connectivity index (χ2n) is 5.74. The van der Waals surface area contributed by atoms with Crippen LogP contribution in [-0.4, -0.2) is 29.8 Å². The normalized spacial score (nSPS) is 26.7. The minimum Gasteiger partial charge on any atom is -0.370 e. The highest BCUT2D eigenvalue weighted by Gasteiger charge is 2.39. The van der Waals surface area contributed by atoms with Crippen molar-refractivity contribution >= 4 is 0 Å². The molecule has 2 aliphatic heterocycles. The molecule has 5 nitrogen and oxygen atoms in total. The van der Waals surface area contributed by atoms with Gasteiger partial charge in [0, 0.05) is 6.61 Å². The molecule has 1 aromatic heterocycles. The van der Waals surface area contributed by atoms with E-state index in [-0.39, 0.29) is 11.5 Å². The van der Waals surface area contributed by atoms with Gasteiger partial charge in [0.2, 0.25) is 11.7 Å². The lowest BCUT2D eigenvalue weighted by atomic mass is 9.75. The maximum atomic E-state index is 5.64. The van der Waals surface area contributed by atoms with Gasteiger partial charge in [0.25, 0.3) is 0 Å². The smallest absolute Gasteiger partial charge is 0.233 e. The molecule has 1 atom stereocenters. The van der Waals surface area contributed by atoms with Crippen LogP contribution in [0.2, 0.25) is 0 Å². The molecular weight excluding hydrogens is 242 g/mol. The summed E-state index contributed by atoms with van der Waals surface area (Å²) in [5.41, 5.74) is 0.0872. The number of hydrogen-bond donors (Lipinski definition) is 1. The van der Waals surface area contributed by atoms with E-state index in [0.717, 1.165) is 69.9 Å². The summed E-state index contributed by atoms with van der Waals surface area (Å²) >= 11 is 0. The predicted molar refractivity (Wildman–Crippen MR) is 70.9 cm³/mol. The first-order chi connectivity index (χ1) is 9.34. The number of nitrogens with zero attached hydrogens (tertiary/aromatic N) is 2. The molecule has 5 heteroatoms. The van der Waals surface area contributed by atoms with Crippen LogP contribution in [0.25, 0.3) is 0 Å². The Labute approximate surface area is 114 Å². The summed E-state index contributed by atoms with van der Waals surface area (Å²) in [4.78, 5) is 4.68. The Bertz CT molecular complexity index is 401. The van der Waals surface area contributed by atoms with Gasteiger partial charge >= 0.3 is 0 Å². The zero-order chi connectivity index (χ0) is 13.1. The maximum Gasteiger partial charge on any atom is 0.233 e. The minimum absolute atomic E-state index is 0.0536. The van der Waals surface area contributed by atoms with Crippen molar-refractivity contribution in [2.75, 3.05) is 19.7 Å². The van der Waals surface area contributed by atoms with Gasteiger partial charge < -0.3 is 14.6 Å². The summed E-state index contributed by atoms with van der Waals surface area (Å²) in [6.07, 6.45) is 6.62. The van der Waals surface area contributed by atoms with E-state index in [2.05, 4.69) is 22.4 Å². The van der Waals surface area contributed by atoms with E-state index in [1.165, 1.54) is 0 Å². The number of hydrogen-bond acceptors (Lipinski definition) is 5. The largest absolute Gasteiger partial charge is 0.370 e. The first-order valence-corrected chi connectivity index (χ1v) is 7.50. The van der Waals surface area contributed by atoms with Crippen LogP contribution in [0.5, 0.6) is 0 Å². The monoisotopic (exact) mass is 265 g/mol. The molecule has 0 saturated carbocycles. The molecule has 0 bridgehead atoms. The van der Waals surface area contributed by atoms with Crippen LogP contribution in [0.1, 0.15) is 63.3 Å². The third-order valence-electron chi connectivity index (χ3n) is 4.40. The van der Waals surface area contributed by atoms with Crippen molar-refractivity contribution in [2.45, 2.75) is 57.0 Å². The summed E-state index contributed by atoms with van der Waals surface area (Å²) < 4.78 is 11.2. The van der Waals surface area contributed by atoms with Crippen molar-refractivity contribution in [3.63, 3.8) is 0 Å². The Hall–Kier alpha value is -0.940. The zero-order valence-electron chi connectivity index (χ0n) is 11.7. The van der Waals surface area contributed by atoms with Crippen molar-refractivity contribution in [1.29, 1.82) is 0 Å². The summed E-state index contributed by atoms with van der Waals surface area (Å²) in [5.74, 6) is 1.59. The van der Waals surface area contributed by atoms with Gasteiger partial charge in [-0.3, -0.25) is 0 Å². The van der Waals surface area contributed by atoms with E-state index in [9.17, 15) is 0 Å². The first-order valence-electron chi connectivity index (χ1n) is 7.50. The van der Waals surface area contributed by atoms with E-state index >= 15 is 0 Å². The summed E-state index contributed by atoms with van der Waals surface area (Å²) in [5, 5.41) is 7.58. The van der Waals surface area contributed by atoms with Gasteiger partial charge in [0.05, 0.1) is 5.41 Å². The number of rotatable bonds is 4. The Morgan fingerprint density at radius 1 is 1.37 bits per heavy atom. The first kappa shape index (κ1) is 13.1. The van der Waals surface area contributed by atoms with E-state index in [1.54, 1.807) is 0 Å². The highest BCUT2D eigenvalue weighted by molar-refractivity contribution is 5.08. The number of aromatic nitrogens is 2. The number of piperidine rings is 1. The van der Waals surface area contributed by atoms with E-state index in [0.29, 0.717) is 0 Å². The minimum atomic E-state index is 0.0536. The predicted octanol–water partition coefficient (Wildman–Crippen LogP) is 2.34. The molecule has 0 aliphatic carbocycles. The quantitative estimate of drug-likeness (QED) is 0.905. The van der Waals surface area contributed by atoms with Crippen LogP contribution in [0, 0.1) is 0 Å². The highest BCUT2D eigenvalue weighted by Crippen LogP contribution is 2.38. The zero-order valence-corrected chi connectivity index (χ0v) is 11.7. The van der Waals surface area contributed by atoms with Crippen LogP contribution in [0.3, 0.4) is 0 Å². The summed E-state index contributed by atoms with van der Waals surface area (Å²) in [6, 6.07) is 0. The lowest BCUT2D eigenvalue weighted by Crippen LogP contribution is -2.40. The average Bonchev–Trinajstić information content (AvgIpc) is 3.11. The van der Waals surface area contributed by atoms with Crippen LogP contribution in [0.4, 0.5) is 0 Å². The average molecular weight is 265 g/mol. The van der Waals surface area contributed by atoms with Gasteiger partial charge in [-0.1, -0.05) is 18.5 Å². The van der Waals surface area contributed by atoms with Crippen LogP contribution < -0.4 is 5.32 Å². The Morgan fingerprint density at radius 2 is 2.21 bits per heavy atom. The molecule has 0 aromatic carbocycles. The van der Waals surface area contributed by atoms with Crippen molar-refractivity contribution in [3.05, 3.63) is 11.7 Å². The van der Waals surface area contributed by atoms with Gasteiger partial charge in [-0.15, -0.1) is 0 Å². The van der Waals surface area contributed by atoms with Gasteiger partial charge in [-0.2, -0.15) is 4.98 Å². The molecular formula is C14H23N3O2. The van der Waals surface area contributed by atoms with Gasteiger partial charge in [0.15, 0.2) is 0 Å². The Kier molecular flexibility index (Phi) is 3.84. The fourth-order valence-electron chi connectivity index (χ4n) is 3.32. The van der Waals surface area contributed by atoms with Gasteiger partial charge in [-0.25, -0.2) is 0 Å². The summed E-state index contributed by atoms with van der Waals surface area (Å²) in [6.45, 7) is 5.12. The molecule has 0 amide bonds. The van der Waals surface area contributed by atoms with Crippen molar-refractivity contribution in [2.24, 2.45) is 0 Å². The fourth-order valence-corrected chi connectivity index (χ4v) is 3.32. The topological polar surface area (TPSA) is 60.2 Å². The van der Waals surface area contributed by atoms with E-state index in [4.69, 9.17) is 9.26 Å². The number of nitrogens with one attached hydrogen (secondary N) is 1. The molecule has 2 saturated heterocycles. The molecule has 2 aliphatic rings. The van der Waals surface area contributed by atoms with Crippen LogP contribution in [0.15, 0.2) is 4.52 Å². The second-order valence-corrected chi connectivity index (χ2v) is 5.74. The summed E-state index contributed by atoms with van der Waals surface area (Å²) in [7, 11) is 0. The third-order valence-corrected chi connectivity index (χ3v) is 4.40. The van der Waals surface area contributed by atoms with E-state index in [1.807, 2.05) is 0 Å². The number of ether oxygens (including phenoxy) is 1. The fraction of sp³-hybridized carbons (Fsp3) is 0.857. The van der Waals surface area contributed by atoms with E-state index < -0.39 is 0 Å². The van der Waals surface area contributed by atoms with Crippen molar-refractivity contribution in [1.82, 2.24) is 15.5 Å². The molecule has 1 unspecified atom stereocenters. The van der Waals surface area contributed by atoms with Gasteiger partial charge in [-0.05, 0) is 45.2 Å². The molecule has 1 aromatic rings. The van der Waals surface area contributed by atoms with Crippen LogP contribution >= 0.6 is 0 Å². The molecule has 3 heterocycles. The van der Waals surface area contributed by atoms with Crippen LogP contribution in [-0.2, 0) is 10.2 Å². The standard InChI is InChI=1S/C14H23N3O2/c1-2-5-14(6-8-15-9-7-14)13-16-12(17-19-13)11-4-3-10-18-11/h11,15H,2-10H2,1H3. The second kappa shape index (κ2) is 5.59. The Morgan fingerprint density at radius 3 is 2.89 bits per heavy atom. The SMILES string of the molecule is CCCC1(c2nc(C3CCCO3)no2)CCNCC1. The molecule has 2 fully saturated rings. The molecule has 0 radical (unpaired) electrons. The molecule has 0 spiro atoms.